The summed E-state index contributed by atoms with van der Waals surface area (Å²) in [7, 11) is 0. The average molecular weight is 1090 g/mol. The van der Waals surface area contributed by atoms with E-state index >= 15 is 0 Å². The van der Waals surface area contributed by atoms with E-state index in [4.69, 9.17) is 9.15 Å². The first-order valence-corrected chi connectivity index (χ1v) is 30.6. The highest BCUT2D eigenvalue weighted by molar-refractivity contribution is 5.97. The lowest BCUT2D eigenvalue weighted by molar-refractivity contribution is 0.299. The maximum Gasteiger partial charge on any atom is 0.158 e. The minimum Gasteiger partial charge on any atom is -0.459 e. The minimum absolute atomic E-state index is 0.423. The lowest BCUT2D eigenvalue weighted by atomic mass is 9.91. The number of hydrogen-bond acceptors (Lipinski definition) is 4. The van der Waals surface area contributed by atoms with Crippen LogP contribution in [0.2, 0.25) is 0 Å². The van der Waals surface area contributed by atoms with Gasteiger partial charge in [-0.2, -0.15) is 0 Å². The Hall–Kier alpha value is -7.22. The molecule has 1 saturated carbocycles. The summed E-state index contributed by atoms with van der Waals surface area (Å²) in [4.78, 5) is 2.44. The van der Waals surface area contributed by atoms with Crippen LogP contribution in [0.1, 0.15) is 186 Å². The van der Waals surface area contributed by atoms with Gasteiger partial charge in [0, 0.05) is 33.6 Å². The molecule has 3 aliphatic rings. The number of benzene rings is 4. The zero-order valence-electron chi connectivity index (χ0n) is 52.6. The van der Waals surface area contributed by atoms with Crippen molar-refractivity contribution < 1.29 is 9.15 Å². The van der Waals surface area contributed by atoms with Gasteiger partial charge in [-0.15, -0.1) is 12.8 Å². The van der Waals surface area contributed by atoms with Gasteiger partial charge < -0.3 is 19.4 Å². The number of hydrogen-bond donors (Lipinski definition) is 1. The number of unbranched alkanes of at least 4 members (excludes halogenated alkanes) is 2. The summed E-state index contributed by atoms with van der Waals surface area (Å²) < 4.78 is 14.3. The van der Waals surface area contributed by atoms with Gasteiger partial charge >= 0.3 is 0 Å². The molecule has 1 fully saturated rings. The predicted octanol–water partition coefficient (Wildman–Crippen LogP) is 23.3. The molecule has 1 aromatic heterocycles. The van der Waals surface area contributed by atoms with Crippen molar-refractivity contribution in [1.82, 2.24) is 0 Å². The minimum atomic E-state index is 0.423. The van der Waals surface area contributed by atoms with Crippen molar-refractivity contribution in [2.75, 3.05) is 10.2 Å². The number of fused-ring (bicyclic) bond motifs is 4. The van der Waals surface area contributed by atoms with Crippen LogP contribution < -0.4 is 10.2 Å². The summed E-state index contributed by atoms with van der Waals surface area (Å²) in [5.74, 6) is 3.83. The number of allylic oxidation sites excluding steroid dienone is 16. The molecule has 3 aliphatic carbocycles. The van der Waals surface area contributed by atoms with Gasteiger partial charge in [-0.1, -0.05) is 208 Å². The molecule has 5 aromatic rings. The lowest BCUT2D eigenvalue weighted by Crippen LogP contribution is -2.24. The first-order valence-electron chi connectivity index (χ1n) is 30.6. The Morgan fingerprint density at radius 3 is 2.15 bits per heavy atom. The molecule has 0 aliphatic heterocycles. The monoisotopic (exact) mass is 1080 g/mol. The lowest BCUT2D eigenvalue weighted by Gasteiger charge is -2.32. The van der Waals surface area contributed by atoms with Gasteiger partial charge in [-0.05, 0) is 188 Å². The second-order valence-electron chi connectivity index (χ2n) is 21.0. The summed E-state index contributed by atoms with van der Waals surface area (Å²) >= 11 is 0. The molecule has 81 heavy (non-hydrogen) atoms. The molecule has 4 heteroatoms. The second-order valence-corrected chi connectivity index (χ2v) is 21.0. The molecule has 0 saturated heterocycles. The van der Waals surface area contributed by atoms with Gasteiger partial charge in [0.1, 0.15) is 17.3 Å². The number of nitrogens with one attached hydrogen (secondary N) is 1. The first-order chi connectivity index (χ1) is 39.5. The van der Waals surface area contributed by atoms with E-state index in [9.17, 15) is 0 Å². The smallest absolute Gasteiger partial charge is 0.158 e. The van der Waals surface area contributed by atoms with Crippen molar-refractivity contribution in [3.8, 4) is 12.8 Å². The molecule has 8 rings (SSSR count). The number of nitrogens with zero attached hydrogens (tertiary/aromatic N) is 1. The second kappa shape index (κ2) is 35.5. The van der Waals surface area contributed by atoms with Crippen molar-refractivity contribution in [3.63, 3.8) is 0 Å². The third-order valence-electron chi connectivity index (χ3n) is 15.1. The van der Waals surface area contributed by atoms with E-state index in [0.717, 1.165) is 89.0 Å². The Morgan fingerprint density at radius 2 is 1.49 bits per heavy atom. The van der Waals surface area contributed by atoms with Crippen molar-refractivity contribution in [2.24, 2.45) is 11.8 Å². The number of furan rings is 1. The maximum absolute atomic E-state index is 7.26. The van der Waals surface area contributed by atoms with Crippen LogP contribution in [0.5, 0.6) is 0 Å². The average Bonchev–Trinajstić information content (AvgIpc) is 4.13. The summed E-state index contributed by atoms with van der Waals surface area (Å²) in [5.41, 5.74) is 18.9. The fourth-order valence-corrected chi connectivity index (χ4v) is 11.0. The van der Waals surface area contributed by atoms with Gasteiger partial charge in [0.2, 0.25) is 0 Å². The first kappa shape index (κ1) is 66.3. The summed E-state index contributed by atoms with van der Waals surface area (Å²) in [6.45, 7) is 32.3. The van der Waals surface area contributed by atoms with Crippen LogP contribution in [0, 0.1) is 45.5 Å². The SMILES string of the molecule is C#C.CC.CC.C\C=C/C(C)=C(O/C(C)=C(/C=C\CC)N(C1=C(\C)Cc2c(C)ccc(Nc3cccc4c5c(oc34)C(C(C)CCCCC)=CC=CC5)c2/C=C\C/C=C\1)c1cccc(C)c1)\C(=C/C)C1CCCC1.Cc1ccccc1. The Morgan fingerprint density at radius 1 is 0.790 bits per heavy atom. The molecule has 1 heterocycles. The number of terminal acetylenes is 1. The van der Waals surface area contributed by atoms with Crippen LogP contribution in [-0.2, 0) is 17.6 Å². The molecule has 4 nitrogen and oxygen atoms in total. The summed E-state index contributed by atoms with van der Waals surface area (Å²) in [5, 5.41) is 5.12. The quantitative estimate of drug-likeness (QED) is 0.0436. The molecular weight excluding hydrogens is 985 g/mol. The molecule has 0 radical (unpaired) electrons. The summed E-state index contributed by atoms with van der Waals surface area (Å²) in [6, 6.07) is 30.3. The van der Waals surface area contributed by atoms with Crippen LogP contribution in [0.15, 0.2) is 196 Å². The van der Waals surface area contributed by atoms with Crippen molar-refractivity contribution in [3.05, 3.63) is 231 Å². The number of rotatable bonds is 17. The van der Waals surface area contributed by atoms with Crippen molar-refractivity contribution in [1.29, 1.82) is 0 Å². The molecule has 1 unspecified atom stereocenters. The summed E-state index contributed by atoms with van der Waals surface area (Å²) in [6.07, 6.45) is 48.4. The van der Waals surface area contributed by atoms with Crippen LogP contribution in [0.3, 0.4) is 0 Å². The van der Waals surface area contributed by atoms with Crippen molar-refractivity contribution >= 4 is 39.7 Å². The van der Waals surface area contributed by atoms with E-state index in [-0.39, 0.29) is 0 Å². The van der Waals surface area contributed by atoms with Gasteiger partial charge in [0.05, 0.1) is 11.4 Å². The highest BCUT2D eigenvalue weighted by Crippen LogP contribution is 2.43. The topological polar surface area (TPSA) is 37.6 Å². The molecule has 0 spiro atoms. The molecule has 0 amide bonds. The molecule has 1 N–H and O–H groups in total. The Labute approximate surface area is 492 Å². The predicted molar refractivity (Wildman–Crippen MR) is 358 cm³/mol. The standard InChI is InChI=1S/C64H78N2O2.C7H8.2C2H6.C2H2/c1-11-15-18-29-45(6)53-33-23-24-35-55-56-36-26-37-59(64(56)68-63(53)55)65-58-41-40-46(7)57-43-48(9)60(39-20-17-19-34-54(57)58)66(51-32-25-28-44(5)42-51)61(38-16-12-2)49(10)67-62(47(8)27-13-3)52(14-4)50-30-21-22-31-50;1-7-5-3-2-4-6-7;3*1-2/h13-14,16,19-20,23-28,32-34,36-42,45,50,65H,11-12,15,17-18,21-22,29-31,35,43H2,1-10H3;2-6H,1H3;2*1-2H3;1-2H/b27-13-,34-19-,38-16-,39-20-,52-14-,60-48+,61-49-,62-47+;;;;. The van der Waals surface area contributed by atoms with E-state index in [1.165, 1.54) is 100 Å². The van der Waals surface area contributed by atoms with Gasteiger partial charge in [0.15, 0.2) is 5.58 Å². The zero-order valence-corrected chi connectivity index (χ0v) is 52.6. The number of anilines is 3. The van der Waals surface area contributed by atoms with E-state index in [1.807, 2.05) is 45.9 Å². The van der Waals surface area contributed by atoms with Gasteiger partial charge in [-0.25, -0.2) is 0 Å². The Bertz CT molecular complexity index is 3110. The molecule has 4 aromatic carbocycles. The van der Waals surface area contributed by atoms with Gasteiger partial charge in [0.25, 0.3) is 0 Å². The molecule has 0 bridgehead atoms. The number of para-hydroxylation sites is 1. The molecular formula is C77H100N2O2. The van der Waals surface area contributed by atoms with Crippen LogP contribution in [0.25, 0.3) is 22.6 Å². The van der Waals surface area contributed by atoms with E-state index in [0.29, 0.717) is 11.8 Å². The van der Waals surface area contributed by atoms with Gasteiger partial charge in [-0.3, -0.25) is 0 Å². The Kier molecular flexibility index (Phi) is 29.1. The van der Waals surface area contributed by atoms with Crippen LogP contribution >= 0.6 is 0 Å². The highest BCUT2D eigenvalue weighted by atomic mass is 16.5. The van der Waals surface area contributed by atoms with Crippen LogP contribution in [-0.4, -0.2) is 0 Å². The third kappa shape index (κ3) is 18.1. The fraction of sp³-hybridized carbons (Fsp3) is 0.377. The van der Waals surface area contributed by atoms with E-state index < -0.39 is 0 Å². The molecule has 1 atom stereocenters. The molecule has 430 valence electrons. The van der Waals surface area contributed by atoms with E-state index in [2.05, 4.69) is 239 Å². The zero-order chi connectivity index (χ0) is 59.3. The largest absolute Gasteiger partial charge is 0.459 e. The number of ether oxygens (including phenoxy) is 1. The highest BCUT2D eigenvalue weighted by Gasteiger charge is 2.28. The van der Waals surface area contributed by atoms with E-state index in [1.54, 1.807) is 0 Å². The Balaban J connectivity index is 0.000000979. The fourth-order valence-electron chi connectivity index (χ4n) is 11.0. The normalized spacial score (nSPS) is 16.9. The van der Waals surface area contributed by atoms with Crippen LogP contribution in [0.4, 0.5) is 17.1 Å². The number of aryl methyl sites for hydroxylation is 3. The van der Waals surface area contributed by atoms with Crippen molar-refractivity contribution in [2.45, 2.75) is 181 Å². The maximum atomic E-state index is 7.26. The third-order valence-corrected chi connectivity index (χ3v) is 15.1.